The first-order chi connectivity index (χ1) is 17.3. The Hall–Kier alpha value is -3.13. The molecule has 4 rings (SSSR count). The number of carbonyl (C=O) groups is 1. The number of ether oxygens (including phenoxy) is 1. The highest BCUT2D eigenvalue weighted by Gasteiger charge is 2.15. The van der Waals surface area contributed by atoms with Crippen molar-refractivity contribution in [1.82, 2.24) is 10.3 Å². The van der Waals surface area contributed by atoms with Crippen LogP contribution in [0, 0.1) is 0 Å². The SMILES string of the molecule is CCOc1ccc(C(=O)NC(=S)Nc2cc(-c3nc4cc([C@@H](C)CC)ccc4o3)ccc2Cl)cc1Cl. The number of aromatic nitrogens is 1. The van der Waals surface area contributed by atoms with Gasteiger partial charge in [0.2, 0.25) is 5.89 Å². The third-order valence-electron chi connectivity index (χ3n) is 5.78. The van der Waals surface area contributed by atoms with E-state index in [1.807, 2.05) is 19.1 Å². The number of anilines is 1. The molecule has 9 heteroatoms. The lowest BCUT2D eigenvalue weighted by Crippen LogP contribution is -2.34. The van der Waals surface area contributed by atoms with Crippen LogP contribution < -0.4 is 15.4 Å². The molecule has 0 spiro atoms. The maximum absolute atomic E-state index is 12.6. The highest BCUT2D eigenvalue weighted by Crippen LogP contribution is 2.32. The molecule has 0 unspecified atom stereocenters. The second-order valence-corrected chi connectivity index (χ2v) is 9.46. The summed E-state index contributed by atoms with van der Waals surface area (Å²) in [6, 6.07) is 16.2. The average Bonchev–Trinajstić information content (AvgIpc) is 3.29. The van der Waals surface area contributed by atoms with Crippen molar-refractivity contribution in [3.63, 3.8) is 0 Å². The molecule has 0 bridgehead atoms. The normalized spacial score (nSPS) is 11.8. The second kappa shape index (κ2) is 11.3. The van der Waals surface area contributed by atoms with Crippen molar-refractivity contribution in [3.05, 3.63) is 75.8 Å². The molecule has 36 heavy (non-hydrogen) atoms. The predicted octanol–water partition coefficient (Wildman–Crippen LogP) is 7.84. The van der Waals surface area contributed by atoms with Gasteiger partial charge in [-0.15, -0.1) is 0 Å². The maximum atomic E-state index is 12.6. The van der Waals surface area contributed by atoms with E-state index in [1.54, 1.807) is 24.3 Å². The molecule has 2 N–H and O–H groups in total. The van der Waals surface area contributed by atoms with Crippen LogP contribution in [0.3, 0.4) is 0 Å². The fraction of sp³-hybridized carbons (Fsp3) is 0.222. The molecule has 0 aliphatic heterocycles. The molecule has 0 radical (unpaired) electrons. The van der Waals surface area contributed by atoms with E-state index >= 15 is 0 Å². The van der Waals surface area contributed by atoms with E-state index in [2.05, 4.69) is 41.6 Å². The van der Waals surface area contributed by atoms with Crippen LogP contribution in [0.5, 0.6) is 5.75 Å². The zero-order valence-corrected chi connectivity index (χ0v) is 22.4. The van der Waals surface area contributed by atoms with Crippen molar-refractivity contribution in [2.45, 2.75) is 33.1 Å². The molecule has 3 aromatic carbocycles. The summed E-state index contributed by atoms with van der Waals surface area (Å²) >= 11 is 17.9. The number of oxazole rings is 1. The number of hydrogen-bond donors (Lipinski definition) is 2. The van der Waals surface area contributed by atoms with Gasteiger partial charge in [-0.25, -0.2) is 4.98 Å². The minimum Gasteiger partial charge on any atom is -0.492 e. The van der Waals surface area contributed by atoms with Gasteiger partial charge in [0.25, 0.3) is 5.91 Å². The number of amides is 1. The maximum Gasteiger partial charge on any atom is 0.257 e. The highest BCUT2D eigenvalue weighted by atomic mass is 35.5. The number of fused-ring (bicyclic) bond motifs is 1. The first kappa shape index (κ1) is 25.9. The Labute approximate surface area is 225 Å². The van der Waals surface area contributed by atoms with Crippen LogP contribution in [0.1, 0.15) is 49.0 Å². The highest BCUT2D eigenvalue weighted by molar-refractivity contribution is 7.80. The van der Waals surface area contributed by atoms with Crippen molar-refractivity contribution in [2.75, 3.05) is 11.9 Å². The van der Waals surface area contributed by atoms with Gasteiger partial charge in [0, 0.05) is 11.1 Å². The minimum absolute atomic E-state index is 0.0832. The van der Waals surface area contributed by atoms with E-state index in [0.29, 0.717) is 51.0 Å². The lowest BCUT2D eigenvalue weighted by atomic mass is 9.98. The quantitative estimate of drug-likeness (QED) is 0.232. The van der Waals surface area contributed by atoms with Crippen molar-refractivity contribution < 1.29 is 13.9 Å². The largest absolute Gasteiger partial charge is 0.492 e. The molecule has 4 aromatic rings. The van der Waals surface area contributed by atoms with E-state index in [0.717, 1.165) is 17.5 Å². The summed E-state index contributed by atoms with van der Waals surface area (Å²) in [4.78, 5) is 17.3. The van der Waals surface area contributed by atoms with Gasteiger partial charge in [-0.3, -0.25) is 10.1 Å². The molecule has 1 aromatic heterocycles. The molecule has 1 amide bonds. The number of thiocarbonyl (C=S) groups is 1. The molecular weight excluding hydrogens is 517 g/mol. The van der Waals surface area contributed by atoms with Crippen LogP contribution >= 0.6 is 35.4 Å². The Bertz CT molecular complexity index is 1440. The summed E-state index contributed by atoms with van der Waals surface area (Å²) in [6.07, 6.45) is 1.05. The van der Waals surface area contributed by atoms with Gasteiger partial charge < -0.3 is 14.5 Å². The van der Waals surface area contributed by atoms with Crippen LogP contribution in [-0.4, -0.2) is 22.6 Å². The van der Waals surface area contributed by atoms with Crippen molar-refractivity contribution in [2.24, 2.45) is 0 Å². The molecular formula is C27H25Cl2N3O3S. The van der Waals surface area contributed by atoms with Crippen LogP contribution in [0.2, 0.25) is 10.0 Å². The van der Waals surface area contributed by atoms with Gasteiger partial charge in [0.05, 0.1) is 22.3 Å². The second-order valence-electron chi connectivity index (χ2n) is 8.24. The zero-order chi connectivity index (χ0) is 25.8. The van der Waals surface area contributed by atoms with Gasteiger partial charge >= 0.3 is 0 Å². The van der Waals surface area contributed by atoms with Crippen molar-refractivity contribution in [1.29, 1.82) is 0 Å². The van der Waals surface area contributed by atoms with E-state index < -0.39 is 5.91 Å². The molecule has 0 saturated heterocycles. The Balaban J connectivity index is 1.50. The fourth-order valence-corrected chi connectivity index (χ4v) is 4.21. The topological polar surface area (TPSA) is 76.4 Å². The Kier molecular flexibility index (Phi) is 8.14. The Morgan fingerprint density at radius 2 is 1.89 bits per heavy atom. The van der Waals surface area contributed by atoms with E-state index in [1.165, 1.54) is 11.6 Å². The van der Waals surface area contributed by atoms with E-state index in [4.69, 9.17) is 44.6 Å². The predicted molar refractivity (Wildman–Crippen MR) is 149 cm³/mol. The number of halogens is 2. The smallest absolute Gasteiger partial charge is 0.257 e. The molecule has 0 fully saturated rings. The molecule has 0 saturated carbocycles. The lowest BCUT2D eigenvalue weighted by Gasteiger charge is -2.12. The summed E-state index contributed by atoms with van der Waals surface area (Å²) in [5.41, 5.74) is 4.29. The number of hydrogen-bond acceptors (Lipinski definition) is 5. The molecule has 6 nitrogen and oxygen atoms in total. The molecule has 1 heterocycles. The van der Waals surface area contributed by atoms with Crippen LogP contribution in [-0.2, 0) is 0 Å². The molecule has 1 atom stereocenters. The van der Waals surface area contributed by atoms with E-state index in [-0.39, 0.29) is 5.11 Å². The summed E-state index contributed by atoms with van der Waals surface area (Å²) in [5, 5.41) is 6.46. The van der Waals surface area contributed by atoms with Gasteiger partial charge in [0.1, 0.15) is 11.3 Å². The van der Waals surface area contributed by atoms with Crippen LogP contribution in [0.15, 0.2) is 59.0 Å². The zero-order valence-electron chi connectivity index (χ0n) is 20.0. The monoisotopic (exact) mass is 541 g/mol. The summed E-state index contributed by atoms with van der Waals surface area (Å²) < 4.78 is 11.4. The van der Waals surface area contributed by atoms with E-state index in [9.17, 15) is 4.79 Å². The first-order valence-electron chi connectivity index (χ1n) is 11.5. The minimum atomic E-state index is -0.416. The van der Waals surface area contributed by atoms with Gasteiger partial charge in [-0.1, -0.05) is 43.1 Å². The van der Waals surface area contributed by atoms with Crippen molar-refractivity contribution in [3.8, 4) is 17.2 Å². The van der Waals surface area contributed by atoms with Crippen LogP contribution in [0.4, 0.5) is 5.69 Å². The van der Waals surface area contributed by atoms with Gasteiger partial charge in [0.15, 0.2) is 10.7 Å². The summed E-state index contributed by atoms with van der Waals surface area (Å²) in [7, 11) is 0. The first-order valence-corrected chi connectivity index (χ1v) is 12.7. The standard InChI is InChI=1S/C27H25Cl2N3O3S/c1-4-15(3)16-7-11-24-22(13-16)30-26(35-24)18-6-9-19(28)21(14-18)31-27(36)32-25(33)17-8-10-23(34-5-2)20(29)12-17/h6-15H,4-5H2,1-3H3,(H2,31,32,33,36)/t15-/m0/s1. The summed E-state index contributed by atoms with van der Waals surface area (Å²) in [6.45, 7) is 6.67. The van der Waals surface area contributed by atoms with Crippen molar-refractivity contribution >= 4 is 63.2 Å². The third kappa shape index (κ3) is 5.81. The number of nitrogens with one attached hydrogen (secondary N) is 2. The number of nitrogens with zero attached hydrogens (tertiary/aromatic N) is 1. The number of benzene rings is 3. The molecule has 186 valence electrons. The Morgan fingerprint density at radius 3 is 2.61 bits per heavy atom. The Morgan fingerprint density at radius 1 is 1.08 bits per heavy atom. The lowest BCUT2D eigenvalue weighted by molar-refractivity contribution is 0.0977. The van der Waals surface area contributed by atoms with Crippen LogP contribution in [0.25, 0.3) is 22.6 Å². The number of rotatable bonds is 7. The molecule has 0 aliphatic rings. The van der Waals surface area contributed by atoms with Gasteiger partial charge in [-0.05, 0) is 85.6 Å². The summed E-state index contributed by atoms with van der Waals surface area (Å²) in [5.74, 6) is 0.997. The fourth-order valence-electron chi connectivity index (χ4n) is 3.61. The van der Waals surface area contributed by atoms with Gasteiger partial charge in [-0.2, -0.15) is 0 Å². The molecule has 0 aliphatic carbocycles. The average molecular weight is 542 g/mol. The number of carbonyl (C=O) groups excluding carboxylic acids is 1. The third-order valence-corrected chi connectivity index (χ3v) is 6.60.